The number of hydrogen-bond donors (Lipinski definition) is 2. The van der Waals surface area contributed by atoms with E-state index in [4.69, 9.17) is 14.0 Å². The van der Waals surface area contributed by atoms with Crippen molar-refractivity contribution in [1.82, 2.24) is 20.8 Å². The molecule has 0 aliphatic carbocycles. The highest BCUT2D eigenvalue weighted by Gasteiger charge is 2.08. The highest BCUT2D eigenvalue weighted by molar-refractivity contribution is 5.79. The van der Waals surface area contributed by atoms with Crippen LogP contribution in [0.4, 0.5) is 0 Å². The fraction of sp³-hybridized carbons (Fsp3) is 0.375. The minimum atomic E-state index is 0.333. The summed E-state index contributed by atoms with van der Waals surface area (Å²) in [5, 5.41) is 10.6. The van der Waals surface area contributed by atoms with Crippen LogP contribution in [0.1, 0.15) is 50.6 Å². The van der Waals surface area contributed by atoms with E-state index in [0.717, 1.165) is 29.3 Å². The van der Waals surface area contributed by atoms with Crippen molar-refractivity contribution in [1.29, 1.82) is 0 Å². The van der Waals surface area contributed by atoms with Crippen LogP contribution in [-0.4, -0.2) is 29.3 Å². The molecular formula is C24H31N5O3. The summed E-state index contributed by atoms with van der Waals surface area (Å²) >= 11 is 0. The van der Waals surface area contributed by atoms with Gasteiger partial charge < -0.3 is 24.6 Å². The Labute approximate surface area is 189 Å². The van der Waals surface area contributed by atoms with Crippen LogP contribution in [-0.2, 0) is 13.1 Å². The minimum Gasteiger partial charge on any atom is -0.494 e. The summed E-state index contributed by atoms with van der Waals surface area (Å²) in [6.45, 7) is 10.5. The van der Waals surface area contributed by atoms with E-state index < -0.39 is 0 Å². The second kappa shape index (κ2) is 11.7. The molecule has 32 heavy (non-hydrogen) atoms. The van der Waals surface area contributed by atoms with Crippen molar-refractivity contribution in [2.24, 2.45) is 4.99 Å². The number of ether oxygens (including phenoxy) is 2. The van der Waals surface area contributed by atoms with Gasteiger partial charge in [-0.25, -0.2) is 9.98 Å². The van der Waals surface area contributed by atoms with Crippen LogP contribution in [0.25, 0.3) is 0 Å². The summed E-state index contributed by atoms with van der Waals surface area (Å²) in [5.41, 5.74) is 1.93. The first-order valence-corrected chi connectivity index (χ1v) is 10.9. The molecule has 2 N–H and O–H groups in total. The molecule has 0 unspecified atom stereocenters. The van der Waals surface area contributed by atoms with Gasteiger partial charge in [0.2, 0.25) is 5.88 Å². The lowest BCUT2D eigenvalue weighted by Gasteiger charge is -2.10. The summed E-state index contributed by atoms with van der Waals surface area (Å²) in [5.74, 6) is 3.83. The molecular weight excluding hydrogens is 406 g/mol. The Kier molecular flexibility index (Phi) is 8.48. The largest absolute Gasteiger partial charge is 0.494 e. The number of pyridine rings is 1. The summed E-state index contributed by atoms with van der Waals surface area (Å²) in [7, 11) is 0. The molecule has 8 heteroatoms. The third-order valence-corrected chi connectivity index (χ3v) is 4.52. The second-order valence-electron chi connectivity index (χ2n) is 7.43. The molecule has 0 saturated carbocycles. The lowest BCUT2D eigenvalue weighted by molar-refractivity contribution is 0.339. The fourth-order valence-electron chi connectivity index (χ4n) is 2.86. The molecule has 0 fully saturated rings. The van der Waals surface area contributed by atoms with Crippen LogP contribution >= 0.6 is 0 Å². The molecule has 3 aromatic rings. The number of guanidine groups is 1. The SMILES string of the molecule is CCNC(=NCc1ccnc(Oc2ccc(OCC)cc2)c1)NCc1cc(C(C)C)no1. The first-order chi connectivity index (χ1) is 15.6. The zero-order chi connectivity index (χ0) is 22.8. The zero-order valence-electron chi connectivity index (χ0n) is 19.1. The lowest BCUT2D eigenvalue weighted by atomic mass is 10.1. The maximum Gasteiger partial charge on any atom is 0.219 e. The maximum atomic E-state index is 5.87. The molecule has 0 aliphatic heterocycles. The summed E-state index contributed by atoms with van der Waals surface area (Å²) in [4.78, 5) is 8.95. The van der Waals surface area contributed by atoms with Crippen molar-refractivity contribution in [3.05, 3.63) is 65.7 Å². The molecule has 0 amide bonds. The van der Waals surface area contributed by atoms with Gasteiger partial charge in [0, 0.05) is 24.9 Å². The van der Waals surface area contributed by atoms with Crippen LogP contribution < -0.4 is 20.1 Å². The lowest BCUT2D eigenvalue weighted by Crippen LogP contribution is -2.36. The van der Waals surface area contributed by atoms with Gasteiger partial charge in [0.1, 0.15) is 11.5 Å². The Hall–Kier alpha value is -3.55. The monoisotopic (exact) mass is 437 g/mol. The molecule has 0 bridgehead atoms. The molecule has 170 valence electrons. The van der Waals surface area contributed by atoms with Crippen LogP contribution in [0.15, 0.2) is 58.2 Å². The molecule has 0 spiro atoms. The van der Waals surface area contributed by atoms with Crippen LogP contribution in [0.2, 0.25) is 0 Å². The average molecular weight is 438 g/mol. The number of hydrogen-bond acceptors (Lipinski definition) is 6. The Morgan fingerprint density at radius 1 is 1.06 bits per heavy atom. The predicted molar refractivity (Wildman–Crippen MR) is 124 cm³/mol. The summed E-state index contributed by atoms with van der Waals surface area (Å²) in [6, 6.07) is 13.2. The Balaban J connectivity index is 1.59. The van der Waals surface area contributed by atoms with Crippen molar-refractivity contribution in [3.8, 4) is 17.4 Å². The molecule has 8 nitrogen and oxygen atoms in total. The van der Waals surface area contributed by atoms with Crippen molar-refractivity contribution in [2.75, 3.05) is 13.2 Å². The molecule has 3 rings (SSSR count). The van der Waals surface area contributed by atoms with Crippen molar-refractivity contribution in [3.63, 3.8) is 0 Å². The number of aliphatic imine (C=N–C) groups is 1. The quantitative estimate of drug-likeness (QED) is 0.352. The van der Waals surface area contributed by atoms with E-state index in [9.17, 15) is 0 Å². The van der Waals surface area contributed by atoms with Gasteiger partial charge in [-0.15, -0.1) is 0 Å². The Morgan fingerprint density at radius 2 is 1.84 bits per heavy atom. The molecule has 2 heterocycles. The van der Waals surface area contributed by atoms with Crippen molar-refractivity contribution >= 4 is 5.96 Å². The van der Waals surface area contributed by atoms with Crippen molar-refractivity contribution in [2.45, 2.75) is 46.7 Å². The van der Waals surface area contributed by atoms with E-state index >= 15 is 0 Å². The minimum absolute atomic E-state index is 0.333. The molecule has 0 atom stereocenters. The third kappa shape index (κ3) is 7.01. The fourth-order valence-corrected chi connectivity index (χ4v) is 2.86. The van der Waals surface area contributed by atoms with E-state index in [1.807, 2.05) is 56.3 Å². The van der Waals surface area contributed by atoms with Gasteiger partial charge in [0.25, 0.3) is 0 Å². The van der Waals surface area contributed by atoms with Gasteiger partial charge >= 0.3 is 0 Å². The van der Waals surface area contributed by atoms with E-state index in [0.29, 0.717) is 43.2 Å². The number of nitrogens with zero attached hydrogens (tertiary/aromatic N) is 3. The molecule has 0 radical (unpaired) electrons. The number of benzene rings is 1. The maximum absolute atomic E-state index is 5.87. The molecule has 1 aromatic carbocycles. The predicted octanol–water partition coefficient (Wildman–Crippen LogP) is 4.64. The van der Waals surface area contributed by atoms with E-state index in [1.54, 1.807) is 6.20 Å². The smallest absolute Gasteiger partial charge is 0.219 e. The van der Waals surface area contributed by atoms with Gasteiger partial charge in [-0.2, -0.15) is 0 Å². The Morgan fingerprint density at radius 3 is 2.53 bits per heavy atom. The van der Waals surface area contributed by atoms with Gasteiger partial charge in [0.15, 0.2) is 11.7 Å². The van der Waals surface area contributed by atoms with Gasteiger partial charge in [-0.1, -0.05) is 19.0 Å². The van der Waals surface area contributed by atoms with Crippen LogP contribution in [0.3, 0.4) is 0 Å². The standard InChI is InChI=1S/C24H31N5O3/c1-5-25-24(28-16-21-14-22(17(3)4)29-32-21)27-15-18-11-12-26-23(13-18)31-20-9-7-19(8-10-20)30-6-2/h7-14,17H,5-6,15-16H2,1-4H3,(H2,25,27,28). The third-order valence-electron chi connectivity index (χ3n) is 4.52. The Bertz CT molecular complexity index is 999. The van der Waals surface area contributed by atoms with Crippen molar-refractivity contribution < 1.29 is 14.0 Å². The second-order valence-corrected chi connectivity index (χ2v) is 7.43. The van der Waals surface area contributed by atoms with Crippen LogP contribution in [0, 0.1) is 0 Å². The highest BCUT2D eigenvalue weighted by Crippen LogP contribution is 2.23. The molecule has 2 aromatic heterocycles. The zero-order valence-corrected chi connectivity index (χ0v) is 19.1. The van der Waals surface area contributed by atoms with Gasteiger partial charge in [-0.05, 0) is 55.7 Å². The first kappa shape index (κ1) is 23.1. The number of nitrogens with one attached hydrogen (secondary N) is 2. The van der Waals surface area contributed by atoms with E-state index in [2.05, 4.69) is 39.6 Å². The first-order valence-electron chi connectivity index (χ1n) is 10.9. The summed E-state index contributed by atoms with van der Waals surface area (Å²) in [6.07, 6.45) is 1.72. The van der Waals surface area contributed by atoms with Crippen LogP contribution in [0.5, 0.6) is 17.4 Å². The molecule has 0 saturated heterocycles. The number of aromatic nitrogens is 2. The summed E-state index contributed by atoms with van der Waals surface area (Å²) < 4.78 is 16.7. The molecule has 0 aliphatic rings. The van der Waals surface area contributed by atoms with Gasteiger partial charge in [-0.3, -0.25) is 0 Å². The van der Waals surface area contributed by atoms with E-state index in [1.165, 1.54) is 0 Å². The normalized spacial score (nSPS) is 11.5. The highest BCUT2D eigenvalue weighted by atomic mass is 16.5. The van der Waals surface area contributed by atoms with E-state index in [-0.39, 0.29) is 0 Å². The topological polar surface area (TPSA) is 93.8 Å². The van der Waals surface area contributed by atoms with Gasteiger partial charge in [0.05, 0.1) is 25.4 Å². The average Bonchev–Trinajstić information content (AvgIpc) is 3.27. The number of rotatable bonds is 10.